The second-order valence-electron chi connectivity index (χ2n) is 3.81. The number of allylic oxidation sites excluding steroid dienone is 1. The first-order valence-corrected chi connectivity index (χ1v) is 6.25. The largest absolute Gasteiger partial charge is 0.385 e. The number of nitriles is 1. The molecular formula is C11H10Br2N2O2. The van der Waals surface area contributed by atoms with Gasteiger partial charge in [-0.25, -0.2) is 0 Å². The van der Waals surface area contributed by atoms with Crippen molar-refractivity contribution >= 4 is 37.8 Å². The van der Waals surface area contributed by atoms with Crippen molar-refractivity contribution in [1.82, 2.24) is 5.32 Å². The third-order valence-corrected chi connectivity index (χ3v) is 4.03. The summed E-state index contributed by atoms with van der Waals surface area (Å²) in [5, 5.41) is 21.0. The van der Waals surface area contributed by atoms with Gasteiger partial charge in [0.2, 0.25) is 0 Å². The summed E-state index contributed by atoms with van der Waals surface area (Å²) >= 11 is 6.52. The molecule has 0 saturated carbocycles. The number of nitrogens with zero attached hydrogens (tertiary/aromatic N) is 1. The number of carbonyl (C=O) groups excluding carboxylic acids is 1. The van der Waals surface area contributed by atoms with Gasteiger partial charge in [0.25, 0.3) is 5.91 Å². The van der Waals surface area contributed by atoms with E-state index in [0.29, 0.717) is 21.1 Å². The molecule has 1 unspecified atom stereocenters. The Bertz CT molecular complexity index is 484. The van der Waals surface area contributed by atoms with E-state index in [-0.39, 0.29) is 5.57 Å². The van der Waals surface area contributed by atoms with Gasteiger partial charge < -0.3 is 10.4 Å². The molecule has 1 rings (SSSR count). The monoisotopic (exact) mass is 360 g/mol. The molecule has 1 amide bonds. The van der Waals surface area contributed by atoms with Crippen LogP contribution >= 0.6 is 31.9 Å². The van der Waals surface area contributed by atoms with Crippen LogP contribution in [0.3, 0.4) is 0 Å². The number of aliphatic hydroxyl groups is 1. The first-order chi connectivity index (χ1) is 7.77. The summed E-state index contributed by atoms with van der Waals surface area (Å²) in [6, 6.07) is 1.67. The zero-order chi connectivity index (χ0) is 13.2. The molecule has 0 aromatic heterocycles. The molecule has 0 spiro atoms. The molecule has 0 aromatic rings. The van der Waals surface area contributed by atoms with E-state index in [1.165, 1.54) is 0 Å². The number of amides is 1. The third-order valence-electron chi connectivity index (χ3n) is 2.23. The number of nitrogens with one attached hydrogen (secondary N) is 1. The van der Waals surface area contributed by atoms with Gasteiger partial charge in [-0.15, -0.1) is 0 Å². The lowest BCUT2D eigenvalue weighted by Crippen LogP contribution is -2.31. The van der Waals surface area contributed by atoms with Crippen molar-refractivity contribution in [2.24, 2.45) is 0 Å². The Morgan fingerprint density at radius 1 is 1.71 bits per heavy atom. The van der Waals surface area contributed by atoms with E-state index in [2.05, 4.69) is 43.8 Å². The Labute approximate surface area is 116 Å². The zero-order valence-corrected chi connectivity index (χ0v) is 12.2. The maximum atomic E-state index is 11.5. The van der Waals surface area contributed by atoms with Gasteiger partial charge >= 0.3 is 0 Å². The summed E-state index contributed by atoms with van der Waals surface area (Å²) < 4.78 is 1.22. The van der Waals surface area contributed by atoms with Crippen LogP contribution in [0.1, 0.15) is 13.3 Å². The van der Waals surface area contributed by atoms with Gasteiger partial charge in [0, 0.05) is 15.4 Å². The molecular weight excluding hydrogens is 352 g/mol. The molecule has 90 valence electrons. The molecule has 0 aliphatic heterocycles. The standard InChI is InChI=1S/C11H10Br2N2O2/c1-6(5-14)10(16)15-8-3-9(13)11(2,17)4-7(8)12/h3,17H,1,4H2,2H3,(H,15,16). The van der Waals surface area contributed by atoms with Crippen LogP contribution in [0, 0.1) is 11.3 Å². The van der Waals surface area contributed by atoms with E-state index in [1.807, 2.05) is 0 Å². The van der Waals surface area contributed by atoms with Gasteiger partial charge in [-0.1, -0.05) is 38.4 Å². The van der Waals surface area contributed by atoms with Crippen LogP contribution in [0.4, 0.5) is 0 Å². The maximum absolute atomic E-state index is 11.5. The minimum atomic E-state index is -1.00. The molecule has 0 heterocycles. The molecule has 1 aliphatic rings. The molecule has 0 fully saturated rings. The number of carbonyl (C=O) groups is 1. The minimum absolute atomic E-state index is 0.167. The fraction of sp³-hybridized carbons (Fsp3) is 0.273. The number of hydrogen-bond donors (Lipinski definition) is 2. The highest BCUT2D eigenvalue weighted by Crippen LogP contribution is 2.37. The Morgan fingerprint density at radius 2 is 2.29 bits per heavy atom. The van der Waals surface area contributed by atoms with Crippen LogP contribution < -0.4 is 5.32 Å². The molecule has 0 aromatic carbocycles. The van der Waals surface area contributed by atoms with E-state index in [1.54, 1.807) is 19.1 Å². The fourth-order valence-corrected chi connectivity index (χ4v) is 2.32. The average molecular weight is 362 g/mol. The smallest absolute Gasteiger partial charge is 0.265 e. The van der Waals surface area contributed by atoms with Crippen molar-refractivity contribution in [2.45, 2.75) is 18.9 Å². The van der Waals surface area contributed by atoms with Gasteiger partial charge in [-0.3, -0.25) is 4.79 Å². The molecule has 4 nitrogen and oxygen atoms in total. The van der Waals surface area contributed by atoms with E-state index < -0.39 is 11.5 Å². The molecule has 6 heteroatoms. The minimum Gasteiger partial charge on any atom is -0.385 e. The summed E-state index contributed by atoms with van der Waals surface area (Å²) in [4.78, 5) is 11.5. The lowest BCUT2D eigenvalue weighted by molar-refractivity contribution is -0.116. The van der Waals surface area contributed by atoms with Crippen molar-refractivity contribution in [3.05, 3.63) is 32.9 Å². The maximum Gasteiger partial charge on any atom is 0.265 e. The molecule has 2 N–H and O–H groups in total. The molecule has 1 atom stereocenters. The third kappa shape index (κ3) is 3.28. The molecule has 1 aliphatic carbocycles. The zero-order valence-electron chi connectivity index (χ0n) is 9.05. The van der Waals surface area contributed by atoms with Crippen LogP contribution in [0.15, 0.2) is 32.9 Å². The predicted molar refractivity (Wildman–Crippen MR) is 71.1 cm³/mol. The van der Waals surface area contributed by atoms with Crippen LogP contribution in [0.5, 0.6) is 0 Å². The fourth-order valence-electron chi connectivity index (χ4n) is 1.19. The molecule has 0 bridgehead atoms. The van der Waals surface area contributed by atoms with Gasteiger partial charge in [-0.05, 0) is 13.0 Å². The lowest BCUT2D eigenvalue weighted by Gasteiger charge is -2.28. The van der Waals surface area contributed by atoms with Gasteiger partial charge in [0.05, 0.1) is 11.3 Å². The Morgan fingerprint density at radius 3 is 2.82 bits per heavy atom. The highest BCUT2D eigenvalue weighted by molar-refractivity contribution is 9.12. The molecule has 0 saturated heterocycles. The SMILES string of the molecule is C=C(C#N)C(=O)NC1=C(Br)CC(C)(O)C(Br)=C1. The number of halogens is 2. The summed E-state index contributed by atoms with van der Waals surface area (Å²) in [7, 11) is 0. The van der Waals surface area contributed by atoms with Gasteiger partial charge in [-0.2, -0.15) is 5.26 Å². The van der Waals surface area contributed by atoms with Crippen LogP contribution in [-0.4, -0.2) is 16.6 Å². The number of hydrogen-bond acceptors (Lipinski definition) is 3. The van der Waals surface area contributed by atoms with E-state index in [0.717, 1.165) is 0 Å². The van der Waals surface area contributed by atoms with E-state index in [4.69, 9.17) is 5.26 Å². The summed E-state index contributed by atoms with van der Waals surface area (Å²) in [6.45, 7) is 4.97. The topological polar surface area (TPSA) is 73.1 Å². The van der Waals surface area contributed by atoms with Crippen LogP contribution in [0.25, 0.3) is 0 Å². The summed E-state index contributed by atoms with van der Waals surface area (Å²) in [6.07, 6.45) is 1.93. The predicted octanol–water partition coefficient (Wildman–Crippen LogP) is 2.22. The van der Waals surface area contributed by atoms with Crippen molar-refractivity contribution < 1.29 is 9.90 Å². The lowest BCUT2D eigenvalue weighted by atomic mass is 9.96. The summed E-state index contributed by atoms with van der Waals surface area (Å²) in [5.74, 6) is -0.558. The highest BCUT2D eigenvalue weighted by Gasteiger charge is 2.30. The van der Waals surface area contributed by atoms with Crippen molar-refractivity contribution in [2.75, 3.05) is 0 Å². The van der Waals surface area contributed by atoms with Crippen molar-refractivity contribution in [1.29, 1.82) is 5.26 Å². The van der Waals surface area contributed by atoms with Crippen molar-refractivity contribution in [3.8, 4) is 6.07 Å². The molecule has 0 radical (unpaired) electrons. The Kier molecular flexibility index (Phi) is 4.31. The molecule has 17 heavy (non-hydrogen) atoms. The Balaban J connectivity index is 2.92. The van der Waals surface area contributed by atoms with Gasteiger partial charge in [0.1, 0.15) is 11.6 Å². The number of rotatable bonds is 2. The van der Waals surface area contributed by atoms with Crippen LogP contribution in [-0.2, 0) is 4.79 Å². The van der Waals surface area contributed by atoms with Gasteiger partial charge in [0.15, 0.2) is 0 Å². The van der Waals surface area contributed by atoms with E-state index in [9.17, 15) is 9.90 Å². The second-order valence-corrected chi connectivity index (χ2v) is 5.62. The highest BCUT2D eigenvalue weighted by atomic mass is 79.9. The first-order valence-electron chi connectivity index (χ1n) is 4.67. The Hall–Kier alpha value is -0.900. The first kappa shape index (κ1) is 14.2. The summed E-state index contributed by atoms with van der Waals surface area (Å²) in [5.41, 5.74) is -0.663. The van der Waals surface area contributed by atoms with Crippen LogP contribution in [0.2, 0.25) is 0 Å². The quantitative estimate of drug-likeness (QED) is 0.585. The van der Waals surface area contributed by atoms with Crippen molar-refractivity contribution in [3.63, 3.8) is 0 Å². The average Bonchev–Trinajstić information content (AvgIpc) is 2.24. The van der Waals surface area contributed by atoms with E-state index >= 15 is 0 Å². The second kappa shape index (κ2) is 5.17. The normalized spacial score (nSPS) is 23.8.